The molecule has 130 valence electrons. The van der Waals surface area contributed by atoms with Gasteiger partial charge in [0, 0.05) is 22.8 Å². The lowest BCUT2D eigenvalue weighted by Crippen LogP contribution is -2.20. The van der Waals surface area contributed by atoms with Gasteiger partial charge in [0.2, 0.25) is 5.91 Å². The van der Waals surface area contributed by atoms with E-state index in [4.69, 9.17) is 11.6 Å². The molecule has 3 aromatic rings. The summed E-state index contributed by atoms with van der Waals surface area (Å²) in [6, 6.07) is 6.15. The lowest BCUT2D eigenvalue weighted by Gasteiger charge is -2.06. The Labute approximate surface area is 156 Å². The number of anilines is 1. The molecule has 0 aliphatic heterocycles. The Bertz CT molecular complexity index is 903. The van der Waals surface area contributed by atoms with Crippen LogP contribution in [0.5, 0.6) is 0 Å². The summed E-state index contributed by atoms with van der Waals surface area (Å²) in [6.07, 6.45) is 3.28. The van der Waals surface area contributed by atoms with E-state index in [0.717, 1.165) is 10.2 Å². The predicted molar refractivity (Wildman–Crippen MR) is 96.0 cm³/mol. The lowest BCUT2D eigenvalue weighted by molar-refractivity contribution is -0.117. The Morgan fingerprint density at radius 3 is 2.88 bits per heavy atom. The normalized spacial score (nSPS) is 10.9. The first kappa shape index (κ1) is 17.6. The van der Waals surface area contributed by atoms with Gasteiger partial charge >= 0.3 is 0 Å². The zero-order chi connectivity index (χ0) is 18.0. The van der Waals surface area contributed by atoms with Gasteiger partial charge in [-0.3, -0.25) is 14.2 Å². The van der Waals surface area contributed by atoms with Gasteiger partial charge in [0.25, 0.3) is 0 Å². The van der Waals surface area contributed by atoms with Crippen LogP contribution in [-0.2, 0) is 17.9 Å². The minimum absolute atomic E-state index is 0.0729. The third-order valence-corrected chi connectivity index (χ3v) is 4.76. The van der Waals surface area contributed by atoms with Crippen LogP contribution in [0.4, 0.5) is 10.2 Å². The zero-order valence-electron chi connectivity index (χ0n) is 13.2. The second-order valence-corrected chi connectivity index (χ2v) is 6.64. The molecule has 0 aliphatic carbocycles. The van der Waals surface area contributed by atoms with Crippen molar-refractivity contribution in [1.82, 2.24) is 19.6 Å². The summed E-state index contributed by atoms with van der Waals surface area (Å²) in [5.41, 5.74) is 1.21. The molecule has 0 fully saturated rings. The quantitative estimate of drug-likeness (QED) is 0.677. The Morgan fingerprint density at radius 1 is 1.40 bits per heavy atom. The van der Waals surface area contributed by atoms with Crippen molar-refractivity contribution in [2.75, 3.05) is 5.32 Å². The maximum absolute atomic E-state index is 13.8. The smallest absolute Gasteiger partial charge is 0.247 e. The molecule has 0 radical (unpaired) electrons. The Balaban J connectivity index is 1.65. The van der Waals surface area contributed by atoms with E-state index in [0.29, 0.717) is 16.4 Å². The standard InChI is InChI=1S/C16H14BrClFN5O/c1-10-12(17)7-20-24(10)9-16(25)21-15-5-6-23(22-15)8-11-13(18)3-2-4-14(11)19/h2-7H,8-9H2,1H3,(H,21,22,25). The molecule has 3 rings (SSSR count). The number of nitrogens with one attached hydrogen (secondary N) is 1. The number of carbonyl (C=O) groups excluding carboxylic acids is 1. The maximum atomic E-state index is 13.8. The Kier molecular flexibility index (Phi) is 5.19. The molecule has 0 atom stereocenters. The fourth-order valence-electron chi connectivity index (χ4n) is 2.26. The van der Waals surface area contributed by atoms with E-state index in [1.54, 1.807) is 35.3 Å². The van der Waals surface area contributed by atoms with Gasteiger partial charge in [-0.2, -0.15) is 10.2 Å². The number of carbonyl (C=O) groups is 1. The first-order valence-electron chi connectivity index (χ1n) is 7.38. The number of aromatic nitrogens is 4. The molecule has 0 saturated carbocycles. The molecule has 0 unspecified atom stereocenters. The number of hydrogen-bond donors (Lipinski definition) is 1. The van der Waals surface area contributed by atoms with E-state index in [9.17, 15) is 9.18 Å². The molecule has 6 nitrogen and oxygen atoms in total. The summed E-state index contributed by atoms with van der Waals surface area (Å²) in [5, 5.41) is 11.3. The third-order valence-electron chi connectivity index (χ3n) is 3.63. The molecule has 2 heterocycles. The molecular weight excluding hydrogens is 413 g/mol. The summed E-state index contributed by atoms with van der Waals surface area (Å²) in [6.45, 7) is 2.10. The van der Waals surface area contributed by atoms with Crippen LogP contribution in [-0.4, -0.2) is 25.5 Å². The van der Waals surface area contributed by atoms with E-state index >= 15 is 0 Å². The first-order chi connectivity index (χ1) is 11.9. The Morgan fingerprint density at radius 2 is 2.20 bits per heavy atom. The maximum Gasteiger partial charge on any atom is 0.247 e. The number of hydrogen-bond acceptors (Lipinski definition) is 3. The molecule has 1 amide bonds. The minimum Gasteiger partial charge on any atom is -0.308 e. The van der Waals surface area contributed by atoms with Crippen LogP contribution in [0.1, 0.15) is 11.3 Å². The van der Waals surface area contributed by atoms with Crippen molar-refractivity contribution in [2.45, 2.75) is 20.0 Å². The SMILES string of the molecule is Cc1c(Br)cnn1CC(=O)Nc1ccn(Cc2c(F)cccc2Cl)n1. The van der Waals surface area contributed by atoms with Crippen molar-refractivity contribution in [3.05, 3.63) is 63.2 Å². The van der Waals surface area contributed by atoms with Crippen LogP contribution in [0.25, 0.3) is 0 Å². The molecule has 2 aromatic heterocycles. The van der Waals surface area contributed by atoms with Gasteiger partial charge in [0.1, 0.15) is 12.4 Å². The molecule has 0 saturated heterocycles. The fraction of sp³-hybridized carbons (Fsp3) is 0.188. The van der Waals surface area contributed by atoms with E-state index in [2.05, 4.69) is 31.4 Å². The van der Waals surface area contributed by atoms with E-state index in [-0.39, 0.29) is 19.0 Å². The van der Waals surface area contributed by atoms with E-state index in [1.807, 2.05) is 6.92 Å². The van der Waals surface area contributed by atoms with Gasteiger partial charge in [0.05, 0.1) is 22.9 Å². The average Bonchev–Trinajstić information content (AvgIpc) is 3.12. The molecule has 1 N–H and O–H groups in total. The lowest BCUT2D eigenvalue weighted by atomic mass is 10.2. The average molecular weight is 427 g/mol. The molecule has 25 heavy (non-hydrogen) atoms. The van der Waals surface area contributed by atoms with Crippen molar-refractivity contribution in [3.8, 4) is 0 Å². The first-order valence-corrected chi connectivity index (χ1v) is 8.55. The van der Waals surface area contributed by atoms with Crippen molar-refractivity contribution >= 4 is 39.3 Å². The van der Waals surface area contributed by atoms with Crippen molar-refractivity contribution in [2.24, 2.45) is 0 Å². The highest BCUT2D eigenvalue weighted by molar-refractivity contribution is 9.10. The van der Waals surface area contributed by atoms with Crippen molar-refractivity contribution in [3.63, 3.8) is 0 Å². The van der Waals surface area contributed by atoms with Gasteiger partial charge in [-0.25, -0.2) is 4.39 Å². The number of amides is 1. The van der Waals surface area contributed by atoms with Crippen LogP contribution < -0.4 is 5.32 Å². The van der Waals surface area contributed by atoms with Crippen LogP contribution in [0.15, 0.2) is 41.1 Å². The van der Waals surface area contributed by atoms with Crippen molar-refractivity contribution in [1.29, 1.82) is 0 Å². The number of nitrogens with zero attached hydrogens (tertiary/aromatic N) is 4. The minimum atomic E-state index is -0.395. The highest BCUT2D eigenvalue weighted by Gasteiger charge is 2.12. The molecule has 1 aromatic carbocycles. The molecular formula is C16H14BrClFN5O. The largest absolute Gasteiger partial charge is 0.308 e. The highest BCUT2D eigenvalue weighted by Crippen LogP contribution is 2.20. The second kappa shape index (κ2) is 7.37. The van der Waals surface area contributed by atoms with Gasteiger partial charge in [0.15, 0.2) is 5.82 Å². The summed E-state index contributed by atoms with van der Waals surface area (Å²) < 4.78 is 17.8. The number of benzene rings is 1. The topological polar surface area (TPSA) is 64.7 Å². The highest BCUT2D eigenvalue weighted by atomic mass is 79.9. The fourth-order valence-corrected chi connectivity index (χ4v) is 2.78. The number of rotatable bonds is 5. The summed E-state index contributed by atoms with van der Waals surface area (Å²) in [5.74, 6) is -0.275. The van der Waals surface area contributed by atoms with Crippen LogP contribution in [0, 0.1) is 12.7 Å². The van der Waals surface area contributed by atoms with Crippen LogP contribution in [0.3, 0.4) is 0 Å². The van der Waals surface area contributed by atoms with Crippen LogP contribution >= 0.6 is 27.5 Å². The summed E-state index contributed by atoms with van der Waals surface area (Å²) in [7, 11) is 0. The zero-order valence-corrected chi connectivity index (χ0v) is 15.6. The Hall–Kier alpha value is -2.19. The number of halogens is 3. The molecule has 0 spiro atoms. The summed E-state index contributed by atoms with van der Waals surface area (Å²) >= 11 is 9.36. The predicted octanol–water partition coefficient (Wildman–Crippen LogP) is 3.63. The monoisotopic (exact) mass is 425 g/mol. The van der Waals surface area contributed by atoms with E-state index in [1.165, 1.54) is 10.7 Å². The second-order valence-electron chi connectivity index (χ2n) is 5.38. The van der Waals surface area contributed by atoms with E-state index < -0.39 is 5.82 Å². The van der Waals surface area contributed by atoms with Gasteiger partial charge in [-0.1, -0.05) is 17.7 Å². The van der Waals surface area contributed by atoms with Crippen molar-refractivity contribution < 1.29 is 9.18 Å². The molecule has 9 heteroatoms. The summed E-state index contributed by atoms with van der Waals surface area (Å²) in [4.78, 5) is 12.1. The van der Waals surface area contributed by atoms with Gasteiger partial charge < -0.3 is 5.32 Å². The molecule has 0 bridgehead atoms. The van der Waals surface area contributed by atoms with Gasteiger partial charge in [-0.05, 0) is 35.0 Å². The molecule has 0 aliphatic rings. The van der Waals surface area contributed by atoms with Crippen LogP contribution in [0.2, 0.25) is 5.02 Å². The third kappa shape index (κ3) is 4.08. The van der Waals surface area contributed by atoms with Gasteiger partial charge in [-0.15, -0.1) is 0 Å².